The van der Waals surface area contributed by atoms with E-state index in [2.05, 4.69) is 34.4 Å². The van der Waals surface area contributed by atoms with Gasteiger partial charge >= 0.3 is 10.3 Å². The number of benzene rings is 2. The molecule has 3 aromatic rings. The van der Waals surface area contributed by atoms with Crippen LogP contribution in [0.4, 0.5) is 0 Å². The number of thioether (sulfide) groups is 1. The molecule has 1 aliphatic rings. The van der Waals surface area contributed by atoms with E-state index in [1.807, 2.05) is 6.07 Å². The molecule has 1 aliphatic carbocycles. The predicted octanol–water partition coefficient (Wildman–Crippen LogP) is 3.45. The van der Waals surface area contributed by atoms with Crippen molar-refractivity contribution in [2.45, 2.75) is 48.8 Å². The van der Waals surface area contributed by atoms with Crippen LogP contribution in [0.25, 0.3) is 0 Å². The fourth-order valence-corrected chi connectivity index (χ4v) is 5.17. The van der Waals surface area contributed by atoms with Crippen molar-refractivity contribution >= 4 is 22.1 Å². The van der Waals surface area contributed by atoms with Gasteiger partial charge in [-0.2, -0.15) is 23.9 Å². The van der Waals surface area contributed by atoms with Gasteiger partial charge in [0.25, 0.3) is 0 Å². The summed E-state index contributed by atoms with van der Waals surface area (Å²) in [5, 5.41) is 19.0. The number of nitrogens with two attached hydrogens (primary N) is 1. The zero-order chi connectivity index (χ0) is 22.8. The van der Waals surface area contributed by atoms with Gasteiger partial charge in [-0.3, -0.25) is 0 Å². The topological polar surface area (TPSA) is 124 Å². The Hall–Kier alpha value is -2.87. The smallest absolute Gasteiger partial charge is 0.371 e. The summed E-state index contributed by atoms with van der Waals surface area (Å²) in [4.78, 5) is 4.99. The number of rotatable bonds is 8. The molecule has 8 nitrogen and oxygen atoms in total. The molecule has 4 rings (SSSR count). The predicted molar refractivity (Wildman–Crippen MR) is 121 cm³/mol. The summed E-state index contributed by atoms with van der Waals surface area (Å²) in [6.07, 6.45) is 6.02. The third kappa shape index (κ3) is 5.12. The van der Waals surface area contributed by atoms with Gasteiger partial charge in [0, 0.05) is 10.6 Å². The highest BCUT2D eigenvalue weighted by atomic mass is 32.2. The molecular weight excluding hydrogens is 446 g/mol. The Balaban J connectivity index is 1.56. The fraction of sp³-hybridized carbons (Fsp3) is 0.318. The van der Waals surface area contributed by atoms with Crippen LogP contribution in [0.1, 0.15) is 41.5 Å². The normalized spacial score (nSPS) is 15.0. The van der Waals surface area contributed by atoms with Crippen LogP contribution in [0.2, 0.25) is 0 Å². The lowest BCUT2D eigenvalue weighted by molar-refractivity contribution is 0.323. The molecule has 1 saturated carbocycles. The average Bonchev–Trinajstić information content (AvgIpc) is 3.20. The maximum atomic E-state index is 11.2. The Morgan fingerprint density at radius 2 is 2.03 bits per heavy atom. The van der Waals surface area contributed by atoms with Gasteiger partial charge in [0.15, 0.2) is 0 Å². The van der Waals surface area contributed by atoms with Gasteiger partial charge < -0.3 is 4.18 Å². The van der Waals surface area contributed by atoms with Gasteiger partial charge in [-0.15, -0.1) is 11.8 Å². The van der Waals surface area contributed by atoms with Gasteiger partial charge in [-0.25, -0.2) is 9.67 Å². The van der Waals surface area contributed by atoms with Crippen molar-refractivity contribution in [3.63, 3.8) is 0 Å². The summed E-state index contributed by atoms with van der Waals surface area (Å²) < 4.78 is 28.9. The van der Waals surface area contributed by atoms with Crippen LogP contribution in [-0.4, -0.2) is 23.2 Å². The molecule has 32 heavy (non-hydrogen) atoms. The van der Waals surface area contributed by atoms with Gasteiger partial charge in [-0.05, 0) is 66.6 Å². The van der Waals surface area contributed by atoms with Crippen LogP contribution < -0.4 is 9.32 Å². The molecule has 1 heterocycles. The van der Waals surface area contributed by atoms with Crippen LogP contribution >= 0.6 is 11.8 Å². The van der Waals surface area contributed by atoms with Crippen molar-refractivity contribution in [3.05, 3.63) is 71.3 Å². The first kappa shape index (κ1) is 22.3. The van der Waals surface area contributed by atoms with Crippen molar-refractivity contribution in [1.29, 1.82) is 5.26 Å². The van der Waals surface area contributed by atoms with Crippen LogP contribution in [0.15, 0.2) is 53.9 Å². The lowest BCUT2D eigenvalue weighted by atomic mass is 9.65. The zero-order valence-corrected chi connectivity index (χ0v) is 19.2. The van der Waals surface area contributed by atoms with Crippen LogP contribution in [0.5, 0.6) is 5.75 Å². The minimum atomic E-state index is -4.06. The molecule has 0 saturated heterocycles. The molecule has 0 amide bonds. The SMILES string of the molecule is Cc1cc(SCc2cc(Cn3cncn3)cc(C3(C#N)CCC3)c2)ccc1OS(N)(=O)=O. The Bertz CT molecular complexity index is 1260. The summed E-state index contributed by atoms with van der Waals surface area (Å²) in [5.41, 5.74) is 3.54. The quantitative estimate of drug-likeness (QED) is 0.501. The molecule has 0 radical (unpaired) electrons. The summed E-state index contributed by atoms with van der Waals surface area (Å²) in [6.45, 7) is 2.36. The standard InChI is InChI=1S/C22H23N5O3S2/c1-16-7-20(3-4-21(16)30-32(24,28)29)31-12-18-8-17(11-27-15-25-14-26-27)9-19(10-18)22(13-23)5-2-6-22/h3-4,7-10,14-15H,2,5-6,11-12H2,1H3,(H2,24,28,29). The van der Waals surface area contributed by atoms with Crippen LogP contribution in [0, 0.1) is 18.3 Å². The third-order valence-electron chi connectivity index (χ3n) is 5.60. The number of aromatic nitrogens is 3. The van der Waals surface area contributed by atoms with Gasteiger partial charge in [-0.1, -0.05) is 18.2 Å². The van der Waals surface area contributed by atoms with Crippen molar-refractivity contribution in [2.24, 2.45) is 5.14 Å². The molecule has 10 heteroatoms. The summed E-state index contributed by atoms with van der Waals surface area (Å²) in [6, 6.07) is 14.2. The molecule has 0 atom stereocenters. The lowest BCUT2D eigenvalue weighted by Crippen LogP contribution is -2.32. The molecule has 1 aromatic heterocycles. The second-order valence-corrected chi connectivity index (χ2v) is 10.2. The highest BCUT2D eigenvalue weighted by Gasteiger charge is 2.39. The van der Waals surface area contributed by atoms with E-state index < -0.39 is 15.7 Å². The molecule has 2 N–H and O–H groups in total. The van der Waals surface area contributed by atoms with Gasteiger partial charge in [0.2, 0.25) is 0 Å². The molecule has 0 spiro atoms. The summed E-state index contributed by atoms with van der Waals surface area (Å²) >= 11 is 1.63. The number of nitriles is 1. The van der Waals surface area contributed by atoms with Crippen molar-refractivity contribution in [2.75, 3.05) is 0 Å². The first-order chi connectivity index (χ1) is 15.3. The van der Waals surface area contributed by atoms with E-state index >= 15 is 0 Å². The van der Waals surface area contributed by atoms with E-state index in [1.165, 1.54) is 6.33 Å². The summed E-state index contributed by atoms with van der Waals surface area (Å²) in [7, 11) is -4.06. The zero-order valence-electron chi connectivity index (χ0n) is 17.6. The Morgan fingerprint density at radius 1 is 1.25 bits per heavy atom. The van der Waals surface area contributed by atoms with Crippen LogP contribution in [-0.2, 0) is 28.0 Å². The number of nitrogens with zero attached hydrogens (tertiary/aromatic N) is 4. The number of aryl methyl sites for hydroxylation is 1. The van der Waals surface area contributed by atoms with Gasteiger partial charge in [0.1, 0.15) is 18.4 Å². The van der Waals surface area contributed by atoms with Crippen LogP contribution in [0.3, 0.4) is 0 Å². The molecular formula is C22H23N5O3S2. The van der Waals surface area contributed by atoms with E-state index in [0.717, 1.165) is 40.8 Å². The van der Waals surface area contributed by atoms with E-state index in [4.69, 9.17) is 9.32 Å². The fourth-order valence-electron chi connectivity index (χ4n) is 3.81. The van der Waals surface area contributed by atoms with E-state index in [1.54, 1.807) is 41.8 Å². The highest BCUT2D eigenvalue weighted by Crippen LogP contribution is 2.44. The van der Waals surface area contributed by atoms with Crippen molar-refractivity contribution in [1.82, 2.24) is 14.8 Å². The second-order valence-electron chi connectivity index (χ2n) is 7.97. The van der Waals surface area contributed by atoms with E-state index in [-0.39, 0.29) is 5.75 Å². The second kappa shape index (κ2) is 8.94. The lowest BCUT2D eigenvalue weighted by Gasteiger charge is -2.36. The largest absolute Gasteiger partial charge is 0.380 e. The van der Waals surface area contributed by atoms with Crippen molar-refractivity contribution in [3.8, 4) is 11.8 Å². The molecule has 0 unspecified atom stereocenters. The first-order valence-electron chi connectivity index (χ1n) is 10.1. The Kier molecular flexibility index (Phi) is 6.24. The first-order valence-corrected chi connectivity index (χ1v) is 12.5. The monoisotopic (exact) mass is 469 g/mol. The van der Waals surface area contributed by atoms with E-state index in [0.29, 0.717) is 17.9 Å². The van der Waals surface area contributed by atoms with E-state index in [9.17, 15) is 13.7 Å². The van der Waals surface area contributed by atoms with Gasteiger partial charge in [0.05, 0.1) is 18.0 Å². The number of hydrogen-bond donors (Lipinski definition) is 1. The molecule has 166 valence electrons. The number of hydrogen-bond acceptors (Lipinski definition) is 7. The van der Waals surface area contributed by atoms with Crippen molar-refractivity contribution < 1.29 is 12.6 Å². The molecule has 0 aliphatic heterocycles. The average molecular weight is 470 g/mol. The molecule has 0 bridgehead atoms. The summed E-state index contributed by atoms with van der Waals surface area (Å²) in [5.74, 6) is 0.920. The minimum absolute atomic E-state index is 0.218. The Labute approximate surface area is 191 Å². The Morgan fingerprint density at radius 3 is 2.62 bits per heavy atom. The highest BCUT2D eigenvalue weighted by molar-refractivity contribution is 7.98. The third-order valence-corrected chi connectivity index (χ3v) is 7.07. The maximum absolute atomic E-state index is 11.2. The maximum Gasteiger partial charge on any atom is 0.380 e. The minimum Gasteiger partial charge on any atom is -0.371 e. The molecule has 1 fully saturated rings. The molecule has 2 aromatic carbocycles.